The quantitative estimate of drug-likeness (QED) is 0.887. The summed E-state index contributed by atoms with van der Waals surface area (Å²) in [5.41, 5.74) is 0.756. The molecule has 1 saturated carbocycles. The first-order valence-corrected chi connectivity index (χ1v) is 7.56. The molecule has 2 aliphatic heterocycles. The summed E-state index contributed by atoms with van der Waals surface area (Å²) < 4.78 is 0. The molecular formula is C15H18N4O2. The Labute approximate surface area is 123 Å². The number of amides is 2. The van der Waals surface area contributed by atoms with Crippen molar-refractivity contribution in [2.75, 3.05) is 22.9 Å². The first-order valence-electron chi connectivity index (χ1n) is 7.56. The number of carbonyl (C=O) groups excluding carboxylic acids is 2. The first kappa shape index (κ1) is 12.6. The normalized spacial score (nSPS) is 23.8. The summed E-state index contributed by atoms with van der Waals surface area (Å²) in [5.74, 6) is 0.782. The standard InChI is InChI=1S/C15H18N4O2/c20-13(17-10-5-6-10)9-19-11-3-1-7-16-14(11)18-8-2-4-12(18)15(19)21/h1,3,7,10,12H,2,4-6,8-9H2,(H,17,20)/t12-/m1/s1. The van der Waals surface area contributed by atoms with Gasteiger partial charge in [0.2, 0.25) is 11.8 Å². The third-order valence-corrected chi connectivity index (χ3v) is 4.38. The molecule has 110 valence electrons. The zero-order chi connectivity index (χ0) is 14.4. The zero-order valence-corrected chi connectivity index (χ0v) is 11.8. The number of nitrogens with zero attached hydrogens (tertiary/aromatic N) is 3. The molecule has 1 aliphatic carbocycles. The molecule has 6 heteroatoms. The van der Waals surface area contributed by atoms with E-state index in [0.29, 0.717) is 6.04 Å². The average Bonchev–Trinajstić information content (AvgIpc) is 3.15. The van der Waals surface area contributed by atoms with Crippen molar-refractivity contribution in [1.29, 1.82) is 0 Å². The minimum Gasteiger partial charge on any atom is -0.352 e. The lowest BCUT2D eigenvalue weighted by atomic mass is 10.1. The summed E-state index contributed by atoms with van der Waals surface area (Å²) in [7, 11) is 0. The van der Waals surface area contributed by atoms with E-state index in [4.69, 9.17) is 0 Å². The van der Waals surface area contributed by atoms with Crippen LogP contribution in [0.5, 0.6) is 0 Å². The van der Waals surface area contributed by atoms with Crippen LogP contribution >= 0.6 is 0 Å². The molecule has 1 atom stereocenters. The van der Waals surface area contributed by atoms with Crippen LogP contribution in [0.2, 0.25) is 0 Å². The van der Waals surface area contributed by atoms with Gasteiger partial charge in [0.1, 0.15) is 12.6 Å². The first-order chi connectivity index (χ1) is 10.2. The molecule has 21 heavy (non-hydrogen) atoms. The summed E-state index contributed by atoms with van der Waals surface area (Å²) >= 11 is 0. The van der Waals surface area contributed by atoms with Gasteiger partial charge in [0, 0.05) is 18.8 Å². The van der Waals surface area contributed by atoms with Crippen LogP contribution < -0.4 is 15.1 Å². The van der Waals surface area contributed by atoms with Gasteiger partial charge in [-0.3, -0.25) is 14.5 Å². The van der Waals surface area contributed by atoms with E-state index in [1.165, 1.54) is 0 Å². The Hall–Kier alpha value is -2.11. The fraction of sp³-hybridized carbons (Fsp3) is 0.533. The van der Waals surface area contributed by atoms with E-state index in [-0.39, 0.29) is 24.4 Å². The van der Waals surface area contributed by atoms with Gasteiger partial charge in [0.25, 0.3) is 0 Å². The van der Waals surface area contributed by atoms with E-state index in [9.17, 15) is 9.59 Å². The Morgan fingerprint density at radius 3 is 3.05 bits per heavy atom. The Kier molecular flexibility index (Phi) is 2.83. The smallest absolute Gasteiger partial charge is 0.250 e. The molecule has 1 aromatic heterocycles. The van der Waals surface area contributed by atoms with Crippen molar-refractivity contribution in [3.63, 3.8) is 0 Å². The van der Waals surface area contributed by atoms with Crippen molar-refractivity contribution in [3.05, 3.63) is 18.3 Å². The predicted molar refractivity (Wildman–Crippen MR) is 78.1 cm³/mol. The molecule has 2 fully saturated rings. The molecule has 3 heterocycles. The average molecular weight is 286 g/mol. The van der Waals surface area contributed by atoms with E-state index < -0.39 is 0 Å². The van der Waals surface area contributed by atoms with Crippen LogP contribution in [-0.4, -0.2) is 42.0 Å². The maximum Gasteiger partial charge on any atom is 0.250 e. The third kappa shape index (κ3) is 2.14. The number of nitrogens with one attached hydrogen (secondary N) is 1. The monoisotopic (exact) mass is 286 g/mol. The Morgan fingerprint density at radius 1 is 1.38 bits per heavy atom. The highest BCUT2D eigenvalue weighted by Crippen LogP contribution is 2.38. The van der Waals surface area contributed by atoms with Crippen LogP contribution in [0.4, 0.5) is 11.5 Å². The van der Waals surface area contributed by atoms with Crippen LogP contribution in [-0.2, 0) is 9.59 Å². The van der Waals surface area contributed by atoms with E-state index in [1.807, 2.05) is 12.1 Å². The molecule has 1 N–H and O–H groups in total. The van der Waals surface area contributed by atoms with E-state index in [2.05, 4.69) is 15.2 Å². The highest BCUT2D eigenvalue weighted by molar-refractivity contribution is 6.08. The predicted octanol–water partition coefficient (Wildman–Crippen LogP) is 0.676. The van der Waals surface area contributed by atoms with E-state index in [0.717, 1.165) is 43.7 Å². The highest BCUT2D eigenvalue weighted by atomic mass is 16.2. The van der Waals surface area contributed by atoms with Gasteiger partial charge < -0.3 is 10.2 Å². The van der Waals surface area contributed by atoms with Gasteiger partial charge in [-0.2, -0.15) is 0 Å². The van der Waals surface area contributed by atoms with Crippen molar-refractivity contribution in [2.24, 2.45) is 0 Å². The lowest BCUT2D eigenvalue weighted by Crippen LogP contribution is -2.53. The highest BCUT2D eigenvalue weighted by Gasteiger charge is 2.42. The fourth-order valence-electron chi connectivity index (χ4n) is 3.20. The lowest BCUT2D eigenvalue weighted by molar-refractivity contribution is -0.124. The van der Waals surface area contributed by atoms with Crippen molar-refractivity contribution in [3.8, 4) is 0 Å². The molecular weight excluding hydrogens is 268 g/mol. The number of rotatable bonds is 3. The number of pyridine rings is 1. The second-order valence-corrected chi connectivity index (χ2v) is 5.96. The second kappa shape index (κ2) is 4.72. The van der Waals surface area contributed by atoms with Gasteiger partial charge in [-0.25, -0.2) is 4.98 Å². The van der Waals surface area contributed by atoms with Crippen molar-refractivity contribution < 1.29 is 9.59 Å². The van der Waals surface area contributed by atoms with Crippen molar-refractivity contribution in [2.45, 2.75) is 37.8 Å². The SMILES string of the molecule is O=C(CN1C(=O)[C@H]2CCCN2c2ncccc21)NC1CC1. The Bertz CT molecular complexity index is 599. The summed E-state index contributed by atoms with van der Waals surface area (Å²) in [6.07, 6.45) is 5.68. The number of carbonyl (C=O) groups is 2. The molecule has 0 unspecified atom stereocenters. The van der Waals surface area contributed by atoms with Crippen LogP contribution in [0.1, 0.15) is 25.7 Å². The van der Waals surface area contributed by atoms with Crippen LogP contribution in [0.25, 0.3) is 0 Å². The third-order valence-electron chi connectivity index (χ3n) is 4.38. The summed E-state index contributed by atoms with van der Waals surface area (Å²) in [5, 5.41) is 2.95. The van der Waals surface area contributed by atoms with E-state index >= 15 is 0 Å². The number of fused-ring (bicyclic) bond motifs is 3. The molecule has 3 aliphatic rings. The van der Waals surface area contributed by atoms with Gasteiger partial charge in [0.15, 0.2) is 5.82 Å². The summed E-state index contributed by atoms with van der Waals surface area (Å²) in [6.45, 7) is 0.959. The largest absolute Gasteiger partial charge is 0.352 e. The Balaban J connectivity index is 1.63. The van der Waals surface area contributed by atoms with Crippen molar-refractivity contribution in [1.82, 2.24) is 10.3 Å². The van der Waals surface area contributed by atoms with Gasteiger partial charge in [0.05, 0.1) is 5.69 Å². The topological polar surface area (TPSA) is 65.5 Å². The lowest BCUT2D eigenvalue weighted by Gasteiger charge is -2.38. The molecule has 4 rings (SSSR count). The Morgan fingerprint density at radius 2 is 2.24 bits per heavy atom. The number of anilines is 2. The van der Waals surface area contributed by atoms with Gasteiger partial charge in [-0.1, -0.05) is 0 Å². The summed E-state index contributed by atoms with van der Waals surface area (Å²) in [6, 6.07) is 3.85. The van der Waals surface area contributed by atoms with Gasteiger partial charge in [-0.05, 0) is 37.8 Å². The van der Waals surface area contributed by atoms with Gasteiger partial charge in [-0.15, -0.1) is 0 Å². The molecule has 0 spiro atoms. The maximum absolute atomic E-state index is 12.7. The van der Waals surface area contributed by atoms with Crippen LogP contribution in [0.15, 0.2) is 18.3 Å². The zero-order valence-electron chi connectivity index (χ0n) is 11.8. The maximum atomic E-state index is 12.7. The molecule has 0 aromatic carbocycles. The van der Waals surface area contributed by atoms with Crippen molar-refractivity contribution >= 4 is 23.3 Å². The van der Waals surface area contributed by atoms with Gasteiger partial charge >= 0.3 is 0 Å². The molecule has 2 amide bonds. The fourth-order valence-corrected chi connectivity index (χ4v) is 3.20. The van der Waals surface area contributed by atoms with Crippen LogP contribution in [0, 0.1) is 0 Å². The summed E-state index contributed by atoms with van der Waals surface area (Å²) in [4.78, 5) is 32.9. The molecule has 0 bridgehead atoms. The molecule has 1 aromatic rings. The number of hydrogen-bond acceptors (Lipinski definition) is 4. The van der Waals surface area contributed by atoms with Crippen LogP contribution in [0.3, 0.4) is 0 Å². The minimum absolute atomic E-state index is 0.0268. The number of aromatic nitrogens is 1. The molecule has 6 nitrogen and oxygen atoms in total. The molecule has 1 saturated heterocycles. The molecule has 0 radical (unpaired) electrons. The second-order valence-electron chi connectivity index (χ2n) is 5.96. The number of hydrogen-bond donors (Lipinski definition) is 1. The minimum atomic E-state index is -0.152. The van der Waals surface area contributed by atoms with E-state index in [1.54, 1.807) is 11.1 Å².